The Morgan fingerprint density at radius 1 is 1.10 bits per heavy atom. The minimum Gasteiger partial charge on any atom is -0.362 e. The monoisotopic (exact) mass is 281 g/mol. The fourth-order valence-electron chi connectivity index (χ4n) is 2.52. The summed E-state index contributed by atoms with van der Waals surface area (Å²) in [6.45, 7) is 4.40. The van der Waals surface area contributed by atoms with Gasteiger partial charge in [-0.3, -0.25) is 4.68 Å². The van der Waals surface area contributed by atoms with Crippen LogP contribution in [0.4, 0.5) is 5.82 Å². The largest absolute Gasteiger partial charge is 0.362 e. The lowest BCUT2D eigenvalue weighted by atomic mass is 9.96. The number of nitrogens with zero attached hydrogens (tertiary/aromatic N) is 4. The summed E-state index contributed by atoms with van der Waals surface area (Å²) >= 11 is 0. The smallest absolute Gasteiger partial charge is 0.163 e. The van der Waals surface area contributed by atoms with Crippen LogP contribution in [0, 0.1) is 5.92 Å². The zero-order chi connectivity index (χ0) is 14.8. The highest BCUT2D eigenvalue weighted by Crippen LogP contribution is 2.28. The van der Waals surface area contributed by atoms with Crippen molar-refractivity contribution >= 4 is 16.9 Å². The number of aromatic nitrogens is 4. The van der Waals surface area contributed by atoms with Gasteiger partial charge in [0, 0.05) is 7.05 Å². The number of benzene rings is 1. The minimum atomic E-state index is 0.199. The first-order valence-corrected chi connectivity index (χ1v) is 7.11. The lowest BCUT2D eigenvalue weighted by Crippen LogP contribution is -2.17. The Balaban J connectivity index is 1.99. The Bertz CT molecular complexity index is 733. The van der Waals surface area contributed by atoms with Gasteiger partial charge < -0.3 is 5.32 Å². The zero-order valence-corrected chi connectivity index (χ0v) is 12.5. The topological polar surface area (TPSA) is 55.6 Å². The first kappa shape index (κ1) is 13.5. The van der Waals surface area contributed by atoms with Gasteiger partial charge in [0.05, 0.1) is 17.6 Å². The van der Waals surface area contributed by atoms with Crippen molar-refractivity contribution in [3.8, 4) is 0 Å². The van der Waals surface area contributed by atoms with E-state index in [4.69, 9.17) is 0 Å². The van der Waals surface area contributed by atoms with Gasteiger partial charge in [-0.2, -0.15) is 5.10 Å². The molecule has 0 fully saturated rings. The van der Waals surface area contributed by atoms with Crippen molar-refractivity contribution in [2.24, 2.45) is 13.0 Å². The lowest BCUT2D eigenvalue weighted by molar-refractivity contribution is 0.545. The highest BCUT2D eigenvalue weighted by molar-refractivity contribution is 5.86. The maximum absolute atomic E-state index is 4.39. The molecular weight excluding hydrogens is 262 g/mol. The fraction of sp³-hybridized carbons (Fsp3) is 0.312. The summed E-state index contributed by atoms with van der Waals surface area (Å²) in [4.78, 5) is 8.67. The molecule has 1 aromatic carbocycles. The summed E-state index contributed by atoms with van der Waals surface area (Å²) in [5.74, 6) is 1.27. The van der Waals surface area contributed by atoms with Crippen molar-refractivity contribution in [2.75, 3.05) is 5.32 Å². The van der Waals surface area contributed by atoms with Crippen LogP contribution in [0.1, 0.15) is 25.5 Å². The molecule has 2 heterocycles. The third-order valence-corrected chi connectivity index (χ3v) is 3.65. The Labute approximate surface area is 124 Å². The third kappa shape index (κ3) is 2.59. The second kappa shape index (κ2) is 5.52. The van der Waals surface area contributed by atoms with Gasteiger partial charge in [0.1, 0.15) is 12.1 Å². The van der Waals surface area contributed by atoms with Gasteiger partial charge in [0.2, 0.25) is 0 Å². The second-order valence-electron chi connectivity index (χ2n) is 5.50. The van der Waals surface area contributed by atoms with E-state index in [1.807, 2.05) is 13.1 Å². The van der Waals surface area contributed by atoms with Crippen molar-refractivity contribution in [2.45, 2.75) is 19.9 Å². The number of fused-ring (bicyclic) bond motifs is 1. The van der Waals surface area contributed by atoms with E-state index in [1.54, 1.807) is 17.2 Å². The molecule has 0 aliphatic heterocycles. The second-order valence-corrected chi connectivity index (χ2v) is 5.50. The van der Waals surface area contributed by atoms with Crippen LogP contribution >= 0.6 is 0 Å². The van der Waals surface area contributed by atoms with Crippen molar-refractivity contribution in [1.29, 1.82) is 0 Å². The summed E-state index contributed by atoms with van der Waals surface area (Å²) in [7, 11) is 1.89. The molecule has 0 aliphatic carbocycles. The van der Waals surface area contributed by atoms with Gasteiger partial charge in [-0.1, -0.05) is 44.2 Å². The molecule has 1 N–H and O–H groups in total. The molecule has 0 aliphatic rings. The van der Waals surface area contributed by atoms with E-state index >= 15 is 0 Å². The number of anilines is 1. The Kier molecular flexibility index (Phi) is 3.56. The SMILES string of the molecule is CC(C)[C@H](Nc1ncnc2c1cnn2C)c1ccccc1. The van der Waals surface area contributed by atoms with Gasteiger partial charge in [0.15, 0.2) is 5.65 Å². The predicted molar refractivity (Wildman–Crippen MR) is 83.9 cm³/mol. The number of rotatable bonds is 4. The molecule has 5 heteroatoms. The van der Waals surface area contributed by atoms with Gasteiger partial charge in [0.25, 0.3) is 0 Å². The van der Waals surface area contributed by atoms with Gasteiger partial charge in [-0.15, -0.1) is 0 Å². The normalized spacial score (nSPS) is 12.8. The number of aryl methyl sites for hydroxylation is 1. The summed E-state index contributed by atoms with van der Waals surface area (Å²) in [6, 6.07) is 10.6. The minimum absolute atomic E-state index is 0.199. The van der Waals surface area contributed by atoms with Gasteiger partial charge in [-0.05, 0) is 11.5 Å². The van der Waals surface area contributed by atoms with Crippen LogP contribution in [-0.2, 0) is 7.05 Å². The third-order valence-electron chi connectivity index (χ3n) is 3.65. The Morgan fingerprint density at radius 3 is 2.57 bits per heavy atom. The van der Waals surface area contributed by atoms with Crippen LogP contribution in [-0.4, -0.2) is 19.7 Å². The Hall–Kier alpha value is -2.43. The van der Waals surface area contributed by atoms with E-state index in [-0.39, 0.29) is 6.04 Å². The molecule has 5 nitrogen and oxygen atoms in total. The molecule has 0 saturated heterocycles. The summed E-state index contributed by atoms with van der Waals surface area (Å²) < 4.78 is 1.76. The molecule has 3 rings (SSSR count). The molecule has 108 valence electrons. The summed E-state index contributed by atoms with van der Waals surface area (Å²) in [6.07, 6.45) is 3.38. The average molecular weight is 281 g/mol. The maximum atomic E-state index is 4.39. The van der Waals surface area contributed by atoms with Crippen LogP contribution in [0.2, 0.25) is 0 Å². The maximum Gasteiger partial charge on any atom is 0.163 e. The zero-order valence-electron chi connectivity index (χ0n) is 12.5. The molecule has 3 aromatic rings. The predicted octanol–water partition coefficient (Wildman–Crippen LogP) is 3.17. The van der Waals surface area contributed by atoms with E-state index in [0.29, 0.717) is 5.92 Å². The van der Waals surface area contributed by atoms with Crippen LogP contribution in [0.3, 0.4) is 0 Å². The van der Waals surface area contributed by atoms with E-state index in [0.717, 1.165) is 16.9 Å². The summed E-state index contributed by atoms with van der Waals surface area (Å²) in [5, 5.41) is 8.75. The van der Waals surface area contributed by atoms with Crippen molar-refractivity contribution in [3.63, 3.8) is 0 Å². The molecule has 0 radical (unpaired) electrons. The Morgan fingerprint density at radius 2 is 1.86 bits per heavy atom. The molecule has 0 bridgehead atoms. The van der Waals surface area contributed by atoms with E-state index in [2.05, 4.69) is 58.5 Å². The molecule has 1 atom stereocenters. The molecule has 0 unspecified atom stereocenters. The summed E-state index contributed by atoms with van der Waals surface area (Å²) in [5.41, 5.74) is 2.09. The van der Waals surface area contributed by atoms with Crippen LogP contribution < -0.4 is 5.32 Å². The molecule has 21 heavy (non-hydrogen) atoms. The van der Waals surface area contributed by atoms with E-state index in [1.165, 1.54) is 5.56 Å². The molecular formula is C16H19N5. The van der Waals surface area contributed by atoms with Crippen LogP contribution in [0.5, 0.6) is 0 Å². The van der Waals surface area contributed by atoms with Crippen LogP contribution in [0.25, 0.3) is 11.0 Å². The van der Waals surface area contributed by atoms with Crippen molar-refractivity contribution in [1.82, 2.24) is 19.7 Å². The first-order valence-electron chi connectivity index (χ1n) is 7.11. The van der Waals surface area contributed by atoms with Crippen molar-refractivity contribution < 1.29 is 0 Å². The number of nitrogens with one attached hydrogen (secondary N) is 1. The van der Waals surface area contributed by atoms with Gasteiger partial charge in [-0.25, -0.2) is 9.97 Å². The van der Waals surface area contributed by atoms with E-state index in [9.17, 15) is 0 Å². The molecule has 0 saturated carbocycles. The van der Waals surface area contributed by atoms with Gasteiger partial charge >= 0.3 is 0 Å². The first-order chi connectivity index (χ1) is 10.2. The molecule has 0 amide bonds. The van der Waals surface area contributed by atoms with E-state index < -0.39 is 0 Å². The fourth-order valence-corrected chi connectivity index (χ4v) is 2.52. The average Bonchev–Trinajstić information content (AvgIpc) is 2.88. The highest BCUT2D eigenvalue weighted by atomic mass is 15.3. The number of hydrogen-bond acceptors (Lipinski definition) is 4. The van der Waals surface area contributed by atoms with Crippen LogP contribution in [0.15, 0.2) is 42.9 Å². The molecule has 0 spiro atoms. The quantitative estimate of drug-likeness (QED) is 0.798. The highest BCUT2D eigenvalue weighted by Gasteiger charge is 2.18. The lowest BCUT2D eigenvalue weighted by Gasteiger charge is -2.23. The number of hydrogen-bond donors (Lipinski definition) is 1. The standard InChI is InChI=1S/C16H19N5/c1-11(2)14(12-7-5-4-6-8-12)20-15-13-9-19-21(3)16(13)18-10-17-15/h4-11,14H,1-3H3,(H,17,18,20)/t14-/m0/s1. The molecule has 2 aromatic heterocycles. The van der Waals surface area contributed by atoms with Crippen molar-refractivity contribution in [3.05, 3.63) is 48.4 Å².